The highest BCUT2D eigenvalue weighted by Gasteiger charge is 2.14. The molecule has 0 spiro atoms. The second-order valence-electron chi connectivity index (χ2n) is 4.76. The van der Waals surface area contributed by atoms with Crippen molar-refractivity contribution in [1.82, 2.24) is 9.38 Å². The maximum absolute atomic E-state index is 13.2. The van der Waals surface area contributed by atoms with Crippen molar-refractivity contribution in [3.05, 3.63) is 54.2 Å². The quantitative estimate of drug-likeness (QED) is 0.804. The fraction of sp³-hybridized carbons (Fsp3) is 0.125. The average Bonchev–Trinajstić information content (AvgIpc) is 2.98. The van der Waals surface area contributed by atoms with E-state index >= 15 is 0 Å². The number of ether oxygens (including phenoxy) is 2. The van der Waals surface area contributed by atoms with Gasteiger partial charge in [-0.2, -0.15) is 0 Å². The average molecular weight is 315 g/mol. The molecule has 118 valence electrons. The SMILES string of the molecule is COc1ccc(OC)c(NC(=O)c2cn3cc(F)ccc3n2)c1. The highest BCUT2D eigenvalue weighted by Crippen LogP contribution is 2.29. The van der Waals surface area contributed by atoms with E-state index in [0.29, 0.717) is 22.8 Å². The smallest absolute Gasteiger partial charge is 0.275 e. The normalized spacial score (nSPS) is 10.6. The summed E-state index contributed by atoms with van der Waals surface area (Å²) >= 11 is 0. The molecular weight excluding hydrogens is 301 g/mol. The molecule has 3 aromatic rings. The van der Waals surface area contributed by atoms with Gasteiger partial charge in [-0.25, -0.2) is 9.37 Å². The minimum absolute atomic E-state index is 0.167. The number of carbonyl (C=O) groups excluding carboxylic acids is 1. The number of aromatic nitrogens is 2. The maximum Gasteiger partial charge on any atom is 0.275 e. The van der Waals surface area contributed by atoms with Crippen LogP contribution in [0.1, 0.15) is 10.5 Å². The van der Waals surface area contributed by atoms with Gasteiger partial charge < -0.3 is 19.2 Å². The third kappa shape index (κ3) is 2.94. The molecule has 0 unspecified atom stereocenters. The van der Waals surface area contributed by atoms with Crippen molar-refractivity contribution >= 4 is 17.2 Å². The Kier molecular flexibility index (Phi) is 3.84. The number of imidazole rings is 1. The second-order valence-corrected chi connectivity index (χ2v) is 4.76. The molecule has 2 aromatic heterocycles. The number of methoxy groups -OCH3 is 2. The van der Waals surface area contributed by atoms with Crippen LogP contribution in [0.15, 0.2) is 42.7 Å². The van der Waals surface area contributed by atoms with E-state index in [1.807, 2.05) is 0 Å². The van der Waals surface area contributed by atoms with E-state index in [0.717, 1.165) is 0 Å². The Hall–Kier alpha value is -3.09. The molecule has 23 heavy (non-hydrogen) atoms. The number of pyridine rings is 1. The number of rotatable bonds is 4. The zero-order chi connectivity index (χ0) is 16.4. The second kappa shape index (κ2) is 5.96. The molecule has 0 radical (unpaired) electrons. The van der Waals surface area contributed by atoms with Crippen molar-refractivity contribution in [2.75, 3.05) is 19.5 Å². The number of benzene rings is 1. The number of fused-ring (bicyclic) bond motifs is 1. The van der Waals surface area contributed by atoms with Crippen LogP contribution in [0, 0.1) is 5.82 Å². The lowest BCUT2D eigenvalue weighted by atomic mass is 10.2. The molecule has 3 rings (SSSR count). The molecule has 1 aromatic carbocycles. The number of anilines is 1. The summed E-state index contributed by atoms with van der Waals surface area (Å²) in [5.41, 5.74) is 1.11. The number of nitrogens with one attached hydrogen (secondary N) is 1. The maximum atomic E-state index is 13.2. The van der Waals surface area contributed by atoms with Gasteiger partial charge in [-0.05, 0) is 24.3 Å². The van der Waals surface area contributed by atoms with Gasteiger partial charge in [0.15, 0.2) is 0 Å². The summed E-state index contributed by atoms with van der Waals surface area (Å²) in [7, 11) is 3.04. The summed E-state index contributed by atoms with van der Waals surface area (Å²) < 4.78 is 25.0. The van der Waals surface area contributed by atoms with Gasteiger partial charge in [-0.3, -0.25) is 4.79 Å². The first-order valence-corrected chi connectivity index (χ1v) is 6.78. The number of nitrogens with zero attached hydrogens (tertiary/aromatic N) is 2. The molecule has 0 saturated carbocycles. The fourth-order valence-electron chi connectivity index (χ4n) is 2.17. The summed E-state index contributed by atoms with van der Waals surface area (Å²) in [5.74, 6) is 0.240. The molecule has 0 aliphatic rings. The van der Waals surface area contributed by atoms with Crippen LogP contribution in [0.5, 0.6) is 11.5 Å². The number of hydrogen-bond acceptors (Lipinski definition) is 4. The first-order chi connectivity index (χ1) is 11.1. The van der Waals surface area contributed by atoms with Gasteiger partial charge in [0, 0.05) is 18.5 Å². The van der Waals surface area contributed by atoms with E-state index in [9.17, 15) is 9.18 Å². The molecule has 0 fully saturated rings. The van der Waals surface area contributed by atoms with Crippen LogP contribution in [0.3, 0.4) is 0 Å². The molecule has 0 bridgehead atoms. The van der Waals surface area contributed by atoms with E-state index in [1.54, 1.807) is 18.2 Å². The minimum Gasteiger partial charge on any atom is -0.497 e. The minimum atomic E-state index is -0.430. The Bertz CT molecular complexity index is 876. The predicted molar refractivity (Wildman–Crippen MR) is 82.6 cm³/mol. The molecule has 1 amide bonds. The summed E-state index contributed by atoms with van der Waals surface area (Å²) in [4.78, 5) is 16.5. The van der Waals surface area contributed by atoms with Gasteiger partial charge in [0.05, 0.1) is 19.9 Å². The highest BCUT2D eigenvalue weighted by molar-refractivity contribution is 6.04. The Morgan fingerprint density at radius 2 is 2.00 bits per heavy atom. The van der Waals surface area contributed by atoms with Crippen molar-refractivity contribution in [2.45, 2.75) is 0 Å². The Balaban J connectivity index is 1.91. The molecule has 0 atom stereocenters. The monoisotopic (exact) mass is 315 g/mol. The van der Waals surface area contributed by atoms with Crippen molar-refractivity contribution < 1.29 is 18.7 Å². The summed E-state index contributed by atoms with van der Waals surface area (Å²) in [6, 6.07) is 7.84. The highest BCUT2D eigenvalue weighted by atomic mass is 19.1. The number of carbonyl (C=O) groups is 1. The van der Waals surface area contributed by atoms with Crippen LogP contribution in [-0.2, 0) is 0 Å². The van der Waals surface area contributed by atoms with E-state index in [4.69, 9.17) is 9.47 Å². The molecular formula is C16H14FN3O3. The van der Waals surface area contributed by atoms with Crippen LogP contribution in [0.25, 0.3) is 5.65 Å². The van der Waals surface area contributed by atoms with Crippen molar-refractivity contribution in [1.29, 1.82) is 0 Å². The van der Waals surface area contributed by atoms with Crippen LogP contribution in [0.4, 0.5) is 10.1 Å². The molecule has 0 saturated heterocycles. The molecule has 0 aliphatic heterocycles. The molecule has 1 N–H and O–H groups in total. The van der Waals surface area contributed by atoms with Crippen LogP contribution in [0.2, 0.25) is 0 Å². The third-order valence-electron chi connectivity index (χ3n) is 3.30. The molecule has 2 heterocycles. The predicted octanol–water partition coefficient (Wildman–Crippen LogP) is 2.74. The molecule has 7 heteroatoms. The van der Waals surface area contributed by atoms with Crippen LogP contribution >= 0.6 is 0 Å². The van der Waals surface area contributed by atoms with Crippen LogP contribution in [-0.4, -0.2) is 29.5 Å². The number of hydrogen-bond donors (Lipinski definition) is 1. The topological polar surface area (TPSA) is 64.9 Å². The summed E-state index contributed by atoms with van der Waals surface area (Å²) in [5, 5.41) is 2.71. The third-order valence-corrected chi connectivity index (χ3v) is 3.30. The van der Waals surface area contributed by atoms with E-state index in [2.05, 4.69) is 10.3 Å². The number of halogens is 1. The standard InChI is InChI=1S/C16H14FN3O3/c1-22-11-4-5-14(23-2)12(7-11)19-16(21)13-9-20-8-10(17)3-6-15(20)18-13/h3-9H,1-2H3,(H,19,21). The van der Waals surface area contributed by atoms with Gasteiger partial charge in [-0.15, -0.1) is 0 Å². The van der Waals surface area contributed by atoms with Crippen LogP contribution < -0.4 is 14.8 Å². The Morgan fingerprint density at radius 3 is 2.74 bits per heavy atom. The summed E-state index contributed by atoms with van der Waals surface area (Å²) in [6.45, 7) is 0. The lowest BCUT2D eigenvalue weighted by Gasteiger charge is -2.10. The lowest BCUT2D eigenvalue weighted by Crippen LogP contribution is -2.13. The first kappa shape index (κ1) is 14.8. The Labute approximate surface area is 131 Å². The van der Waals surface area contributed by atoms with Gasteiger partial charge >= 0.3 is 0 Å². The molecule has 0 aliphatic carbocycles. The van der Waals surface area contributed by atoms with Crippen molar-refractivity contribution in [3.8, 4) is 11.5 Å². The largest absolute Gasteiger partial charge is 0.497 e. The Morgan fingerprint density at radius 1 is 1.17 bits per heavy atom. The molecule has 6 nitrogen and oxygen atoms in total. The van der Waals surface area contributed by atoms with Gasteiger partial charge in [0.1, 0.15) is 28.7 Å². The van der Waals surface area contributed by atoms with E-state index in [-0.39, 0.29) is 5.69 Å². The zero-order valence-corrected chi connectivity index (χ0v) is 12.5. The first-order valence-electron chi connectivity index (χ1n) is 6.78. The van der Waals surface area contributed by atoms with Crippen molar-refractivity contribution in [3.63, 3.8) is 0 Å². The van der Waals surface area contributed by atoms with Gasteiger partial charge in [-0.1, -0.05) is 0 Å². The van der Waals surface area contributed by atoms with E-state index < -0.39 is 11.7 Å². The van der Waals surface area contributed by atoms with Gasteiger partial charge in [0.2, 0.25) is 0 Å². The fourth-order valence-corrected chi connectivity index (χ4v) is 2.17. The van der Waals surface area contributed by atoms with Crippen molar-refractivity contribution in [2.24, 2.45) is 0 Å². The summed E-state index contributed by atoms with van der Waals surface area (Å²) in [6.07, 6.45) is 2.71. The van der Waals surface area contributed by atoms with E-state index in [1.165, 1.54) is 43.1 Å². The van der Waals surface area contributed by atoms with Gasteiger partial charge in [0.25, 0.3) is 5.91 Å². The number of amides is 1. The zero-order valence-electron chi connectivity index (χ0n) is 12.5. The lowest BCUT2D eigenvalue weighted by molar-refractivity contribution is 0.102.